The summed E-state index contributed by atoms with van der Waals surface area (Å²) < 4.78 is 0. The van der Waals surface area contributed by atoms with Gasteiger partial charge in [0.15, 0.2) is 0 Å². The van der Waals surface area contributed by atoms with E-state index in [0.717, 1.165) is 50.3 Å². The first-order valence-corrected chi connectivity index (χ1v) is 10.5. The Balaban J connectivity index is 1.74. The third kappa shape index (κ3) is 7.05. The monoisotopic (exact) mass is 410 g/mol. The molecule has 0 spiro atoms. The summed E-state index contributed by atoms with van der Waals surface area (Å²) >= 11 is 5.91. The van der Waals surface area contributed by atoms with Crippen molar-refractivity contribution < 1.29 is 19.9 Å². The van der Waals surface area contributed by atoms with Gasteiger partial charge in [-0.05, 0) is 81.7 Å². The highest BCUT2D eigenvalue weighted by atomic mass is 35.5. The second kappa shape index (κ2) is 11.2. The standard InChI is InChI=1S/C20H32BClN2O4/c22-18-7-5-16(6-8-18)4-3-13-24-14-9-17(10-15-24)20(23,19(25)26)11-1-2-12-21(27)28/h5-8,17,27-28H,1-4,9-15,23H2,(H,25,26). The van der Waals surface area contributed by atoms with Gasteiger partial charge in [0, 0.05) is 5.02 Å². The van der Waals surface area contributed by atoms with Crippen LogP contribution >= 0.6 is 11.6 Å². The summed E-state index contributed by atoms with van der Waals surface area (Å²) in [6.45, 7) is 2.73. The van der Waals surface area contributed by atoms with E-state index in [0.29, 0.717) is 19.3 Å². The number of halogens is 1. The summed E-state index contributed by atoms with van der Waals surface area (Å²) in [5.41, 5.74) is 6.36. The van der Waals surface area contributed by atoms with Gasteiger partial charge in [-0.15, -0.1) is 0 Å². The highest BCUT2D eigenvalue weighted by Crippen LogP contribution is 2.31. The Hall–Kier alpha value is -1.12. The lowest BCUT2D eigenvalue weighted by Gasteiger charge is -2.40. The average Bonchev–Trinajstić information content (AvgIpc) is 2.67. The van der Waals surface area contributed by atoms with E-state index < -0.39 is 18.6 Å². The number of nitrogens with zero attached hydrogens (tertiary/aromatic N) is 1. The van der Waals surface area contributed by atoms with Gasteiger partial charge in [-0.25, -0.2) is 0 Å². The number of carbonyl (C=O) groups is 1. The Morgan fingerprint density at radius 3 is 2.39 bits per heavy atom. The largest absolute Gasteiger partial charge is 0.480 e. The van der Waals surface area contributed by atoms with Crippen molar-refractivity contribution in [3.63, 3.8) is 0 Å². The van der Waals surface area contributed by atoms with Crippen LogP contribution in [0, 0.1) is 5.92 Å². The van der Waals surface area contributed by atoms with Gasteiger partial charge < -0.3 is 25.8 Å². The van der Waals surface area contributed by atoms with Crippen molar-refractivity contribution in [2.45, 2.75) is 56.8 Å². The van der Waals surface area contributed by atoms with E-state index >= 15 is 0 Å². The van der Waals surface area contributed by atoms with Crippen LogP contribution in [0.5, 0.6) is 0 Å². The predicted octanol–water partition coefficient (Wildman–Crippen LogP) is 2.41. The highest BCUT2D eigenvalue weighted by molar-refractivity contribution is 6.40. The molecule has 0 bridgehead atoms. The van der Waals surface area contributed by atoms with Crippen molar-refractivity contribution in [3.8, 4) is 0 Å². The predicted molar refractivity (Wildman–Crippen MR) is 112 cm³/mol. The summed E-state index contributed by atoms with van der Waals surface area (Å²) in [5.74, 6) is -0.991. The summed E-state index contributed by atoms with van der Waals surface area (Å²) in [6, 6.07) is 7.94. The minimum atomic E-state index is -1.34. The smallest absolute Gasteiger partial charge is 0.451 e. The molecule has 0 aromatic heterocycles. The Morgan fingerprint density at radius 1 is 1.18 bits per heavy atom. The van der Waals surface area contributed by atoms with Crippen molar-refractivity contribution in [1.82, 2.24) is 4.90 Å². The molecule has 5 N–H and O–H groups in total. The number of aryl methyl sites for hydroxylation is 1. The number of piperidine rings is 1. The number of aliphatic carboxylic acids is 1. The second-order valence-electron chi connectivity index (χ2n) is 7.92. The van der Waals surface area contributed by atoms with Crippen LogP contribution in [0.1, 0.15) is 44.1 Å². The van der Waals surface area contributed by atoms with Crippen molar-refractivity contribution in [1.29, 1.82) is 0 Å². The summed E-state index contributed by atoms with van der Waals surface area (Å²) in [7, 11) is -1.34. The Bertz CT molecular complexity index is 609. The van der Waals surface area contributed by atoms with Gasteiger partial charge in [0.2, 0.25) is 0 Å². The normalized spacial score (nSPS) is 18.0. The molecule has 1 aromatic rings. The minimum Gasteiger partial charge on any atom is -0.480 e. The van der Waals surface area contributed by atoms with Crippen LogP contribution in [0.3, 0.4) is 0 Å². The molecule has 28 heavy (non-hydrogen) atoms. The molecule has 1 heterocycles. The number of hydrogen-bond acceptors (Lipinski definition) is 5. The zero-order valence-corrected chi connectivity index (χ0v) is 17.2. The van der Waals surface area contributed by atoms with Gasteiger partial charge in [-0.1, -0.05) is 36.6 Å². The molecule has 0 amide bonds. The van der Waals surface area contributed by atoms with Crippen molar-refractivity contribution in [3.05, 3.63) is 34.9 Å². The van der Waals surface area contributed by atoms with E-state index in [4.69, 9.17) is 27.4 Å². The maximum Gasteiger partial charge on any atom is 0.451 e. The zero-order valence-electron chi connectivity index (χ0n) is 16.4. The SMILES string of the molecule is NC(CCCCB(O)O)(C(=O)O)C1CCN(CCCc2ccc(Cl)cc2)CC1. The van der Waals surface area contributed by atoms with E-state index in [1.54, 1.807) is 0 Å². The van der Waals surface area contributed by atoms with Gasteiger partial charge in [0.05, 0.1) is 0 Å². The first-order chi connectivity index (χ1) is 13.3. The molecule has 156 valence electrons. The van der Waals surface area contributed by atoms with E-state index in [-0.39, 0.29) is 12.2 Å². The van der Waals surface area contributed by atoms with Crippen LogP contribution in [0.2, 0.25) is 11.3 Å². The average molecular weight is 411 g/mol. The zero-order chi connectivity index (χ0) is 20.6. The summed E-state index contributed by atoms with van der Waals surface area (Å²) in [4.78, 5) is 14.2. The number of likely N-dealkylation sites (tertiary alicyclic amines) is 1. The third-order valence-electron chi connectivity index (χ3n) is 5.87. The van der Waals surface area contributed by atoms with Gasteiger partial charge in [-0.2, -0.15) is 0 Å². The first kappa shape index (κ1) is 23.2. The Labute approximate surface area is 172 Å². The molecule has 1 aliphatic heterocycles. The fraction of sp³-hybridized carbons (Fsp3) is 0.650. The molecule has 1 saturated heterocycles. The van der Waals surface area contributed by atoms with Crippen LogP contribution in [-0.2, 0) is 11.2 Å². The van der Waals surface area contributed by atoms with Gasteiger partial charge >= 0.3 is 13.1 Å². The number of unbranched alkanes of at least 4 members (excludes halogenated alkanes) is 1. The lowest BCUT2D eigenvalue weighted by Crippen LogP contribution is -2.57. The molecule has 1 unspecified atom stereocenters. The number of carboxylic acid groups (broad SMARTS) is 1. The number of carboxylic acids is 1. The molecule has 0 saturated carbocycles. The number of rotatable bonds is 11. The van der Waals surface area contributed by atoms with Crippen molar-refractivity contribution >= 4 is 24.7 Å². The van der Waals surface area contributed by atoms with E-state index in [1.165, 1.54) is 5.56 Å². The molecular formula is C20H32BClN2O4. The van der Waals surface area contributed by atoms with Crippen molar-refractivity contribution in [2.75, 3.05) is 19.6 Å². The Kier molecular flexibility index (Phi) is 9.24. The summed E-state index contributed by atoms with van der Waals surface area (Å²) in [5, 5.41) is 28.3. The number of hydrogen-bond donors (Lipinski definition) is 4. The molecule has 1 fully saturated rings. The van der Waals surface area contributed by atoms with Crippen LogP contribution in [0.15, 0.2) is 24.3 Å². The molecule has 2 rings (SSSR count). The molecule has 8 heteroatoms. The van der Waals surface area contributed by atoms with E-state index in [1.807, 2.05) is 12.1 Å². The molecular weight excluding hydrogens is 378 g/mol. The fourth-order valence-electron chi connectivity index (χ4n) is 4.06. The third-order valence-corrected chi connectivity index (χ3v) is 6.12. The molecule has 1 aliphatic rings. The van der Waals surface area contributed by atoms with Gasteiger partial charge in [0.1, 0.15) is 5.54 Å². The minimum absolute atomic E-state index is 0.0448. The lowest BCUT2D eigenvalue weighted by molar-refractivity contribution is -0.147. The van der Waals surface area contributed by atoms with Gasteiger partial charge in [0.25, 0.3) is 0 Å². The van der Waals surface area contributed by atoms with Crippen molar-refractivity contribution in [2.24, 2.45) is 11.7 Å². The lowest BCUT2D eigenvalue weighted by atomic mass is 9.74. The first-order valence-electron chi connectivity index (χ1n) is 10.2. The van der Waals surface area contributed by atoms with Crippen LogP contribution in [0.25, 0.3) is 0 Å². The highest BCUT2D eigenvalue weighted by Gasteiger charge is 2.42. The molecule has 1 atom stereocenters. The number of nitrogens with two attached hydrogens (primary N) is 1. The topological polar surface area (TPSA) is 107 Å². The van der Waals surface area contributed by atoms with Gasteiger partial charge in [-0.3, -0.25) is 4.79 Å². The molecule has 6 nitrogen and oxygen atoms in total. The van der Waals surface area contributed by atoms with E-state index in [2.05, 4.69) is 17.0 Å². The molecule has 0 radical (unpaired) electrons. The van der Waals surface area contributed by atoms with E-state index in [9.17, 15) is 9.90 Å². The fourth-order valence-corrected chi connectivity index (χ4v) is 4.19. The van der Waals surface area contributed by atoms with Crippen LogP contribution < -0.4 is 5.73 Å². The number of benzene rings is 1. The maximum absolute atomic E-state index is 11.8. The van der Waals surface area contributed by atoms with Crippen LogP contribution in [0.4, 0.5) is 0 Å². The summed E-state index contributed by atoms with van der Waals surface area (Å²) in [6.07, 6.45) is 5.40. The maximum atomic E-state index is 11.8. The van der Waals surface area contributed by atoms with Crippen LogP contribution in [-0.4, -0.2) is 58.3 Å². The Morgan fingerprint density at radius 2 is 1.82 bits per heavy atom. The quantitative estimate of drug-likeness (QED) is 0.330. The second-order valence-corrected chi connectivity index (χ2v) is 8.35. The molecule has 1 aromatic carbocycles. The molecule has 0 aliphatic carbocycles.